The number of hydrogen-bond donors (Lipinski definition) is 1. The molecule has 3 heteroatoms. The van der Waals surface area contributed by atoms with Crippen LogP contribution in [0.4, 0.5) is 0 Å². The molecular weight excluding hydrogens is 238 g/mol. The van der Waals surface area contributed by atoms with Crippen LogP contribution in [0.25, 0.3) is 0 Å². The first kappa shape index (κ1) is 15.5. The second-order valence-electron chi connectivity index (χ2n) is 5.23. The summed E-state index contributed by atoms with van der Waals surface area (Å²) in [4.78, 5) is 11.9. The molecule has 0 bridgehead atoms. The van der Waals surface area contributed by atoms with Crippen molar-refractivity contribution in [2.75, 3.05) is 7.11 Å². The summed E-state index contributed by atoms with van der Waals surface area (Å²) in [5.41, 5.74) is 1.13. The van der Waals surface area contributed by atoms with E-state index in [0.717, 1.165) is 24.2 Å². The van der Waals surface area contributed by atoms with Crippen molar-refractivity contribution >= 4 is 5.91 Å². The van der Waals surface area contributed by atoms with Gasteiger partial charge in [-0.05, 0) is 36.5 Å². The molecule has 106 valence electrons. The molecule has 1 rings (SSSR count). The molecule has 0 aliphatic carbocycles. The van der Waals surface area contributed by atoms with Gasteiger partial charge in [-0.3, -0.25) is 4.79 Å². The first-order valence-electron chi connectivity index (χ1n) is 7.00. The summed E-state index contributed by atoms with van der Waals surface area (Å²) in [6, 6.07) is 7.97. The van der Waals surface area contributed by atoms with E-state index in [9.17, 15) is 4.79 Å². The number of amides is 1. The lowest BCUT2D eigenvalue weighted by Crippen LogP contribution is -2.28. The van der Waals surface area contributed by atoms with Crippen molar-refractivity contribution in [2.45, 2.75) is 46.1 Å². The van der Waals surface area contributed by atoms with Crippen molar-refractivity contribution in [1.29, 1.82) is 0 Å². The van der Waals surface area contributed by atoms with Crippen LogP contribution < -0.4 is 10.1 Å². The Hall–Kier alpha value is -1.51. The van der Waals surface area contributed by atoms with Crippen molar-refractivity contribution < 1.29 is 9.53 Å². The van der Waals surface area contributed by atoms with Crippen LogP contribution in [0.3, 0.4) is 0 Å². The van der Waals surface area contributed by atoms with Crippen molar-refractivity contribution in [1.82, 2.24) is 5.32 Å². The highest BCUT2D eigenvalue weighted by molar-refractivity contribution is 5.76. The number of ether oxygens (including phenoxy) is 1. The Morgan fingerprint density at radius 1 is 1.26 bits per heavy atom. The second-order valence-corrected chi connectivity index (χ2v) is 5.23. The minimum Gasteiger partial charge on any atom is -0.497 e. The number of carbonyl (C=O) groups is 1. The SMILES string of the molecule is CCC(NC(=O)CCC(C)C)c1ccc(OC)cc1. The van der Waals surface area contributed by atoms with Gasteiger partial charge in [-0.25, -0.2) is 0 Å². The fourth-order valence-electron chi connectivity index (χ4n) is 1.94. The number of rotatable bonds is 7. The molecule has 1 aromatic rings. The Morgan fingerprint density at radius 3 is 2.37 bits per heavy atom. The van der Waals surface area contributed by atoms with E-state index in [-0.39, 0.29) is 11.9 Å². The zero-order valence-electron chi connectivity index (χ0n) is 12.4. The van der Waals surface area contributed by atoms with Crippen LogP contribution in [0.15, 0.2) is 24.3 Å². The smallest absolute Gasteiger partial charge is 0.220 e. The normalized spacial score (nSPS) is 12.3. The van der Waals surface area contributed by atoms with Crippen molar-refractivity contribution in [3.8, 4) is 5.75 Å². The van der Waals surface area contributed by atoms with Crippen molar-refractivity contribution in [3.63, 3.8) is 0 Å². The molecule has 1 N–H and O–H groups in total. The maximum Gasteiger partial charge on any atom is 0.220 e. The number of hydrogen-bond acceptors (Lipinski definition) is 2. The topological polar surface area (TPSA) is 38.3 Å². The number of carbonyl (C=O) groups excluding carboxylic acids is 1. The molecule has 19 heavy (non-hydrogen) atoms. The minimum atomic E-state index is 0.0885. The summed E-state index contributed by atoms with van der Waals surface area (Å²) in [6.45, 7) is 6.35. The maximum atomic E-state index is 11.9. The van der Waals surface area contributed by atoms with Gasteiger partial charge < -0.3 is 10.1 Å². The van der Waals surface area contributed by atoms with Crippen molar-refractivity contribution in [2.24, 2.45) is 5.92 Å². The van der Waals surface area contributed by atoms with Gasteiger partial charge >= 0.3 is 0 Å². The fraction of sp³-hybridized carbons (Fsp3) is 0.562. The molecule has 0 fully saturated rings. The predicted octanol–water partition coefficient (Wildman–Crippen LogP) is 3.70. The van der Waals surface area contributed by atoms with E-state index in [2.05, 4.69) is 26.1 Å². The maximum absolute atomic E-state index is 11.9. The molecule has 0 aliphatic heterocycles. The molecule has 0 heterocycles. The molecule has 1 aromatic carbocycles. The fourth-order valence-corrected chi connectivity index (χ4v) is 1.94. The highest BCUT2D eigenvalue weighted by Gasteiger charge is 2.12. The largest absolute Gasteiger partial charge is 0.497 e. The molecule has 0 radical (unpaired) electrons. The van der Waals surface area contributed by atoms with Crippen LogP contribution in [-0.4, -0.2) is 13.0 Å². The van der Waals surface area contributed by atoms with Crippen LogP contribution in [-0.2, 0) is 4.79 Å². The van der Waals surface area contributed by atoms with E-state index in [1.807, 2.05) is 24.3 Å². The summed E-state index contributed by atoms with van der Waals surface area (Å²) < 4.78 is 5.14. The zero-order chi connectivity index (χ0) is 14.3. The molecule has 0 aliphatic rings. The standard InChI is InChI=1S/C16H25NO2/c1-5-15(17-16(18)11-6-12(2)3)13-7-9-14(19-4)10-8-13/h7-10,12,15H,5-6,11H2,1-4H3,(H,17,18). The summed E-state index contributed by atoms with van der Waals surface area (Å²) >= 11 is 0. The molecular formula is C16H25NO2. The summed E-state index contributed by atoms with van der Waals surface area (Å²) in [5, 5.41) is 3.10. The van der Waals surface area contributed by atoms with Gasteiger partial charge in [-0.2, -0.15) is 0 Å². The molecule has 0 saturated heterocycles. The van der Waals surface area contributed by atoms with Gasteiger partial charge in [0, 0.05) is 6.42 Å². The van der Waals surface area contributed by atoms with Gasteiger partial charge in [-0.15, -0.1) is 0 Å². The van der Waals surface area contributed by atoms with E-state index in [1.165, 1.54) is 0 Å². The van der Waals surface area contributed by atoms with Gasteiger partial charge in [0.25, 0.3) is 0 Å². The Labute approximate surface area is 116 Å². The lowest BCUT2D eigenvalue weighted by molar-refractivity contribution is -0.122. The van der Waals surface area contributed by atoms with Crippen LogP contribution in [0.5, 0.6) is 5.75 Å². The van der Waals surface area contributed by atoms with Gasteiger partial charge in [0.1, 0.15) is 5.75 Å². The lowest BCUT2D eigenvalue weighted by Gasteiger charge is -2.18. The molecule has 0 saturated carbocycles. The molecule has 0 spiro atoms. The number of benzene rings is 1. The van der Waals surface area contributed by atoms with E-state index in [1.54, 1.807) is 7.11 Å². The molecule has 1 atom stereocenters. The van der Waals surface area contributed by atoms with Gasteiger partial charge in [0.2, 0.25) is 5.91 Å². The van der Waals surface area contributed by atoms with Crippen LogP contribution in [0, 0.1) is 5.92 Å². The average molecular weight is 263 g/mol. The highest BCUT2D eigenvalue weighted by Crippen LogP contribution is 2.20. The summed E-state index contributed by atoms with van der Waals surface area (Å²) in [6.07, 6.45) is 2.43. The van der Waals surface area contributed by atoms with Gasteiger partial charge in [0.05, 0.1) is 13.2 Å². The first-order chi connectivity index (χ1) is 9.06. The van der Waals surface area contributed by atoms with Crippen LogP contribution >= 0.6 is 0 Å². The monoisotopic (exact) mass is 263 g/mol. The van der Waals surface area contributed by atoms with Gasteiger partial charge in [0.15, 0.2) is 0 Å². The Balaban J connectivity index is 2.59. The van der Waals surface area contributed by atoms with E-state index in [0.29, 0.717) is 12.3 Å². The van der Waals surface area contributed by atoms with E-state index in [4.69, 9.17) is 4.74 Å². The zero-order valence-corrected chi connectivity index (χ0v) is 12.4. The molecule has 1 amide bonds. The Morgan fingerprint density at radius 2 is 1.89 bits per heavy atom. The Bertz CT molecular complexity index is 384. The van der Waals surface area contributed by atoms with Crippen LogP contribution in [0.1, 0.15) is 51.6 Å². The number of methoxy groups -OCH3 is 1. The minimum absolute atomic E-state index is 0.0885. The average Bonchev–Trinajstić information content (AvgIpc) is 2.42. The third kappa shape index (κ3) is 5.33. The van der Waals surface area contributed by atoms with Crippen molar-refractivity contribution in [3.05, 3.63) is 29.8 Å². The predicted molar refractivity (Wildman–Crippen MR) is 78.2 cm³/mol. The summed E-state index contributed by atoms with van der Waals surface area (Å²) in [5.74, 6) is 1.54. The number of nitrogens with one attached hydrogen (secondary N) is 1. The molecule has 1 unspecified atom stereocenters. The first-order valence-corrected chi connectivity index (χ1v) is 7.00. The molecule has 3 nitrogen and oxygen atoms in total. The van der Waals surface area contributed by atoms with E-state index >= 15 is 0 Å². The second kappa shape index (κ2) is 7.82. The Kier molecular flexibility index (Phi) is 6.40. The third-order valence-electron chi connectivity index (χ3n) is 3.21. The molecule has 0 aromatic heterocycles. The highest BCUT2D eigenvalue weighted by atomic mass is 16.5. The quantitative estimate of drug-likeness (QED) is 0.814. The van der Waals surface area contributed by atoms with E-state index < -0.39 is 0 Å². The third-order valence-corrected chi connectivity index (χ3v) is 3.21. The van der Waals surface area contributed by atoms with Crippen LogP contribution in [0.2, 0.25) is 0 Å². The lowest BCUT2D eigenvalue weighted by atomic mass is 10.0. The van der Waals surface area contributed by atoms with Gasteiger partial charge in [-0.1, -0.05) is 32.9 Å². The summed E-state index contributed by atoms with van der Waals surface area (Å²) in [7, 11) is 1.65.